The number of furan rings is 2. The van der Waals surface area contributed by atoms with E-state index in [0.29, 0.717) is 0 Å². The molecule has 0 N–H and O–H groups in total. The first-order valence-corrected chi connectivity index (χ1v) is 19.7. The Balaban J connectivity index is 1.18. The molecule has 0 aliphatic rings. The maximum absolute atomic E-state index is 7.03. The first kappa shape index (κ1) is 32.4. The van der Waals surface area contributed by atoms with E-state index in [1.54, 1.807) is 0 Å². The first-order valence-electron chi connectivity index (χ1n) is 19.7. The zero-order valence-electron chi connectivity index (χ0n) is 31.3. The molecule has 0 saturated carbocycles. The molecule has 3 aromatic heterocycles. The predicted molar refractivity (Wildman–Crippen MR) is 241 cm³/mol. The molecule has 0 fully saturated rings. The molecule has 0 aliphatic carbocycles. The van der Waals surface area contributed by atoms with Crippen molar-refractivity contribution in [3.8, 4) is 27.9 Å². The average molecular weight is 743 g/mol. The Bertz CT molecular complexity index is 3500. The number of fused-ring (bicyclic) bond motifs is 9. The van der Waals surface area contributed by atoms with Gasteiger partial charge in [-0.25, -0.2) is 0 Å². The van der Waals surface area contributed by atoms with Gasteiger partial charge in [0.05, 0.1) is 27.8 Å². The molecular formula is C54H34N2O2. The van der Waals surface area contributed by atoms with E-state index in [-0.39, 0.29) is 0 Å². The summed E-state index contributed by atoms with van der Waals surface area (Å²) in [6.07, 6.45) is 0. The minimum Gasteiger partial charge on any atom is -0.455 e. The van der Waals surface area contributed by atoms with Crippen molar-refractivity contribution < 1.29 is 8.83 Å². The Morgan fingerprint density at radius 2 is 1.03 bits per heavy atom. The van der Waals surface area contributed by atoms with Crippen LogP contribution < -0.4 is 4.90 Å². The molecule has 0 radical (unpaired) electrons. The summed E-state index contributed by atoms with van der Waals surface area (Å²) in [6, 6.07) is 73.0. The van der Waals surface area contributed by atoms with Crippen LogP contribution in [0.4, 0.5) is 17.1 Å². The molecule has 0 amide bonds. The lowest BCUT2D eigenvalue weighted by molar-refractivity contribution is 0.668. The van der Waals surface area contributed by atoms with Crippen LogP contribution in [0.25, 0.3) is 93.6 Å². The summed E-state index contributed by atoms with van der Waals surface area (Å²) in [6.45, 7) is 0. The third-order valence-electron chi connectivity index (χ3n) is 11.6. The van der Waals surface area contributed by atoms with Crippen LogP contribution >= 0.6 is 0 Å². The zero-order chi connectivity index (χ0) is 38.2. The summed E-state index contributed by atoms with van der Waals surface area (Å²) in [5.41, 5.74) is 14.2. The van der Waals surface area contributed by atoms with Gasteiger partial charge in [0.15, 0.2) is 5.58 Å². The molecular weight excluding hydrogens is 709 g/mol. The van der Waals surface area contributed by atoms with Gasteiger partial charge in [0, 0.05) is 43.9 Å². The van der Waals surface area contributed by atoms with Gasteiger partial charge in [-0.15, -0.1) is 0 Å². The highest BCUT2D eigenvalue weighted by atomic mass is 16.3. The zero-order valence-corrected chi connectivity index (χ0v) is 31.3. The second-order valence-corrected chi connectivity index (χ2v) is 14.9. The van der Waals surface area contributed by atoms with Crippen LogP contribution in [0.2, 0.25) is 0 Å². The van der Waals surface area contributed by atoms with Crippen molar-refractivity contribution in [2.45, 2.75) is 0 Å². The number of anilines is 3. The Hall–Kier alpha value is -7.82. The number of hydrogen-bond donors (Lipinski definition) is 0. The van der Waals surface area contributed by atoms with E-state index in [2.05, 4.69) is 210 Å². The fraction of sp³-hybridized carbons (Fsp3) is 0. The Morgan fingerprint density at radius 1 is 0.362 bits per heavy atom. The van der Waals surface area contributed by atoms with Crippen molar-refractivity contribution in [3.63, 3.8) is 0 Å². The number of para-hydroxylation sites is 4. The standard InChI is InChI=1S/C54H34N2O2/c1-4-15-35(16-5-1)37-27-29-44-51(33-37)58-54-40(36-17-6-2-7-18-36)30-32-48(52(44)54)56(49-25-14-23-43-42-22-11-13-26-50(42)57-53(43)49)39-28-31-47-45(34-39)41-21-10-12-24-46(41)55(47)38-19-8-3-9-20-38/h1-34H. The van der Waals surface area contributed by atoms with E-state index in [1.807, 2.05) is 6.07 Å². The van der Waals surface area contributed by atoms with Crippen molar-refractivity contribution in [1.82, 2.24) is 4.57 Å². The van der Waals surface area contributed by atoms with Crippen LogP contribution in [0, 0.1) is 0 Å². The summed E-state index contributed by atoms with van der Waals surface area (Å²) in [4.78, 5) is 2.37. The molecule has 0 atom stereocenters. The number of aromatic nitrogens is 1. The second-order valence-electron chi connectivity index (χ2n) is 14.9. The highest BCUT2D eigenvalue weighted by Gasteiger charge is 2.26. The number of hydrogen-bond acceptors (Lipinski definition) is 3. The molecule has 9 aromatic carbocycles. The highest BCUT2D eigenvalue weighted by molar-refractivity contribution is 6.20. The van der Waals surface area contributed by atoms with E-state index in [1.165, 1.54) is 10.8 Å². The average Bonchev–Trinajstić information content (AvgIpc) is 3.97. The van der Waals surface area contributed by atoms with Crippen molar-refractivity contribution in [1.29, 1.82) is 0 Å². The van der Waals surface area contributed by atoms with Gasteiger partial charge >= 0.3 is 0 Å². The van der Waals surface area contributed by atoms with Crippen LogP contribution in [0.5, 0.6) is 0 Å². The van der Waals surface area contributed by atoms with Crippen molar-refractivity contribution >= 4 is 82.7 Å². The minimum atomic E-state index is 0.829. The summed E-state index contributed by atoms with van der Waals surface area (Å²) in [5.74, 6) is 0. The number of nitrogens with zero attached hydrogens (tertiary/aromatic N) is 2. The molecule has 0 aliphatic heterocycles. The summed E-state index contributed by atoms with van der Waals surface area (Å²) >= 11 is 0. The lowest BCUT2D eigenvalue weighted by atomic mass is 9.98. The molecule has 12 aromatic rings. The molecule has 4 nitrogen and oxygen atoms in total. The molecule has 12 rings (SSSR count). The van der Waals surface area contributed by atoms with Crippen LogP contribution in [0.1, 0.15) is 0 Å². The van der Waals surface area contributed by atoms with Crippen LogP contribution in [0.3, 0.4) is 0 Å². The van der Waals surface area contributed by atoms with Gasteiger partial charge in [0.1, 0.15) is 16.7 Å². The molecule has 0 unspecified atom stereocenters. The molecule has 4 heteroatoms. The van der Waals surface area contributed by atoms with E-state index in [4.69, 9.17) is 8.83 Å². The monoisotopic (exact) mass is 742 g/mol. The molecule has 3 heterocycles. The fourth-order valence-corrected chi connectivity index (χ4v) is 8.97. The minimum absolute atomic E-state index is 0.829. The van der Waals surface area contributed by atoms with Gasteiger partial charge in [-0.3, -0.25) is 0 Å². The van der Waals surface area contributed by atoms with Crippen LogP contribution in [-0.2, 0) is 0 Å². The normalized spacial score (nSPS) is 11.8. The van der Waals surface area contributed by atoms with Gasteiger partial charge < -0.3 is 18.3 Å². The van der Waals surface area contributed by atoms with Crippen LogP contribution in [-0.4, -0.2) is 4.57 Å². The smallest absolute Gasteiger partial charge is 0.159 e. The molecule has 0 saturated heterocycles. The maximum atomic E-state index is 7.03. The fourth-order valence-electron chi connectivity index (χ4n) is 8.97. The van der Waals surface area contributed by atoms with E-state index < -0.39 is 0 Å². The van der Waals surface area contributed by atoms with Gasteiger partial charge in [0.25, 0.3) is 0 Å². The first-order chi connectivity index (χ1) is 28.8. The maximum Gasteiger partial charge on any atom is 0.159 e. The second kappa shape index (κ2) is 12.9. The largest absolute Gasteiger partial charge is 0.455 e. The third-order valence-corrected chi connectivity index (χ3v) is 11.6. The topological polar surface area (TPSA) is 34.5 Å². The quantitative estimate of drug-likeness (QED) is 0.170. The van der Waals surface area contributed by atoms with Gasteiger partial charge in [-0.05, 0) is 89.5 Å². The van der Waals surface area contributed by atoms with Gasteiger partial charge in [-0.2, -0.15) is 0 Å². The van der Waals surface area contributed by atoms with E-state index >= 15 is 0 Å². The molecule has 0 bridgehead atoms. The summed E-state index contributed by atoms with van der Waals surface area (Å²) < 4.78 is 16.2. The Kier molecular flexibility index (Phi) is 7.20. The Morgan fingerprint density at radius 3 is 1.86 bits per heavy atom. The Labute approximate surface area is 334 Å². The SMILES string of the molecule is c1ccc(-c2ccc3c(c2)oc2c(-c4ccccc4)ccc(N(c4ccc5c(c4)c4ccccc4n5-c4ccccc4)c4cccc5c4oc4ccccc45)c23)cc1. The van der Waals surface area contributed by atoms with Crippen molar-refractivity contribution in [3.05, 3.63) is 206 Å². The van der Waals surface area contributed by atoms with Crippen molar-refractivity contribution in [2.24, 2.45) is 0 Å². The third kappa shape index (κ3) is 4.95. The highest BCUT2D eigenvalue weighted by Crippen LogP contribution is 2.49. The summed E-state index contributed by atoms with van der Waals surface area (Å²) in [5, 5.41) is 6.60. The predicted octanol–water partition coefficient (Wildman–Crippen LogP) is 15.4. The lowest BCUT2D eigenvalue weighted by Crippen LogP contribution is -2.11. The van der Waals surface area contributed by atoms with Gasteiger partial charge in [0.2, 0.25) is 0 Å². The molecule has 272 valence electrons. The number of benzene rings is 9. The molecule has 58 heavy (non-hydrogen) atoms. The lowest BCUT2D eigenvalue weighted by Gasteiger charge is -2.27. The van der Waals surface area contributed by atoms with E-state index in [9.17, 15) is 0 Å². The van der Waals surface area contributed by atoms with E-state index in [0.717, 1.165) is 99.9 Å². The molecule has 0 spiro atoms. The van der Waals surface area contributed by atoms with Crippen LogP contribution in [0.15, 0.2) is 215 Å². The van der Waals surface area contributed by atoms with Crippen molar-refractivity contribution in [2.75, 3.05) is 4.90 Å². The van der Waals surface area contributed by atoms with Gasteiger partial charge in [-0.1, -0.05) is 133 Å². The number of rotatable bonds is 6. The summed E-state index contributed by atoms with van der Waals surface area (Å²) in [7, 11) is 0.